The second-order valence-electron chi connectivity index (χ2n) is 5.49. The second kappa shape index (κ2) is 7.82. The van der Waals surface area contributed by atoms with Gasteiger partial charge in [0.1, 0.15) is 5.75 Å². The first-order valence-corrected chi connectivity index (χ1v) is 7.84. The number of carbonyl (C=O) groups excluding carboxylic acids is 2. The van der Waals surface area contributed by atoms with Gasteiger partial charge in [-0.15, -0.1) is 0 Å². The van der Waals surface area contributed by atoms with E-state index in [-0.39, 0.29) is 11.9 Å². The Labute approximate surface area is 131 Å². The van der Waals surface area contributed by atoms with E-state index in [1.165, 1.54) is 0 Å². The summed E-state index contributed by atoms with van der Waals surface area (Å²) in [4.78, 5) is 24.0. The summed E-state index contributed by atoms with van der Waals surface area (Å²) in [5.41, 5.74) is 0.406. The van der Waals surface area contributed by atoms with Gasteiger partial charge in [0.25, 0.3) is 5.91 Å². The molecule has 1 aromatic rings. The highest BCUT2D eigenvalue weighted by atomic mass is 16.5. The summed E-state index contributed by atoms with van der Waals surface area (Å²) >= 11 is 0. The first kappa shape index (κ1) is 16.3. The number of ether oxygens (including phenoxy) is 2. The van der Waals surface area contributed by atoms with E-state index >= 15 is 0 Å². The lowest BCUT2D eigenvalue weighted by atomic mass is 10.2. The van der Waals surface area contributed by atoms with Crippen LogP contribution in [-0.4, -0.2) is 30.6 Å². The number of esters is 1. The Balaban J connectivity index is 1.85. The third-order valence-corrected chi connectivity index (χ3v) is 3.76. The highest BCUT2D eigenvalue weighted by molar-refractivity contribution is 5.92. The Morgan fingerprint density at radius 3 is 2.45 bits per heavy atom. The molecule has 0 radical (unpaired) electrons. The van der Waals surface area contributed by atoms with Crippen molar-refractivity contribution >= 4 is 11.9 Å². The summed E-state index contributed by atoms with van der Waals surface area (Å²) in [6, 6.07) is 6.91. The van der Waals surface area contributed by atoms with Crippen molar-refractivity contribution in [1.82, 2.24) is 5.32 Å². The minimum absolute atomic E-state index is 0.221. The summed E-state index contributed by atoms with van der Waals surface area (Å²) < 4.78 is 10.5. The van der Waals surface area contributed by atoms with Crippen LogP contribution in [0.4, 0.5) is 0 Å². The molecular formula is C17H23NO4. The van der Waals surface area contributed by atoms with Gasteiger partial charge in [-0.3, -0.25) is 4.79 Å². The fraction of sp³-hybridized carbons (Fsp3) is 0.529. The lowest BCUT2D eigenvalue weighted by Gasteiger charge is -2.17. The molecule has 0 spiro atoms. The van der Waals surface area contributed by atoms with Gasteiger partial charge in [0.2, 0.25) is 0 Å². The number of benzene rings is 1. The monoisotopic (exact) mass is 305 g/mol. The van der Waals surface area contributed by atoms with Crippen LogP contribution < -0.4 is 10.1 Å². The molecule has 0 saturated heterocycles. The number of hydrogen-bond donors (Lipinski definition) is 1. The predicted molar refractivity (Wildman–Crippen MR) is 82.9 cm³/mol. The van der Waals surface area contributed by atoms with Crippen LogP contribution >= 0.6 is 0 Å². The summed E-state index contributed by atoms with van der Waals surface area (Å²) in [7, 11) is 0. The number of nitrogens with one attached hydrogen (secondary N) is 1. The standard InChI is InChI=1S/C17H23NO4/c1-3-21-15-10-8-13(9-11-15)17(20)22-12(2)16(19)18-14-6-4-5-7-14/h8-12,14H,3-7H2,1-2H3,(H,18,19)/t12-/m0/s1. The van der Waals surface area contributed by atoms with Crippen molar-refractivity contribution < 1.29 is 19.1 Å². The van der Waals surface area contributed by atoms with E-state index in [2.05, 4.69) is 5.32 Å². The number of hydrogen-bond acceptors (Lipinski definition) is 4. The van der Waals surface area contributed by atoms with Gasteiger partial charge < -0.3 is 14.8 Å². The second-order valence-corrected chi connectivity index (χ2v) is 5.49. The zero-order chi connectivity index (χ0) is 15.9. The van der Waals surface area contributed by atoms with Crippen molar-refractivity contribution in [2.24, 2.45) is 0 Å². The Kier molecular flexibility index (Phi) is 5.81. The lowest BCUT2D eigenvalue weighted by Crippen LogP contribution is -2.40. The van der Waals surface area contributed by atoms with E-state index in [1.54, 1.807) is 31.2 Å². The maximum absolute atomic E-state index is 12.0. The first-order chi connectivity index (χ1) is 10.6. The molecule has 0 aromatic heterocycles. The average Bonchev–Trinajstić information content (AvgIpc) is 3.01. The molecule has 0 aliphatic heterocycles. The molecule has 22 heavy (non-hydrogen) atoms. The van der Waals surface area contributed by atoms with Gasteiger partial charge in [0.05, 0.1) is 12.2 Å². The molecule has 1 aliphatic carbocycles. The third kappa shape index (κ3) is 4.48. The van der Waals surface area contributed by atoms with Crippen molar-refractivity contribution in [3.63, 3.8) is 0 Å². The number of carbonyl (C=O) groups is 2. The van der Waals surface area contributed by atoms with Gasteiger partial charge in [0.15, 0.2) is 6.10 Å². The smallest absolute Gasteiger partial charge is 0.338 e. The molecule has 0 unspecified atom stereocenters. The molecule has 0 heterocycles. The molecule has 1 aliphatic rings. The van der Waals surface area contributed by atoms with Crippen LogP contribution in [0, 0.1) is 0 Å². The van der Waals surface area contributed by atoms with Crippen molar-refractivity contribution in [2.45, 2.75) is 51.7 Å². The molecule has 1 saturated carbocycles. The van der Waals surface area contributed by atoms with Gasteiger partial charge >= 0.3 is 5.97 Å². The van der Waals surface area contributed by atoms with E-state index in [0.29, 0.717) is 17.9 Å². The maximum Gasteiger partial charge on any atom is 0.338 e. The van der Waals surface area contributed by atoms with Crippen LogP contribution in [-0.2, 0) is 9.53 Å². The van der Waals surface area contributed by atoms with Gasteiger partial charge in [-0.25, -0.2) is 4.79 Å². The van der Waals surface area contributed by atoms with Gasteiger partial charge in [-0.05, 0) is 51.0 Å². The molecule has 5 heteroatoms. The van der Waals surface area contributed by atoms with Crippen LogP contribution in [0.1, 0.15) is 49.9 Å². The van der Waals surface area contributed by atoms with Crippen LogP contribution in [0.3, 0.4) is 0 Å². The molecule has 1 aromatic carbocycles. The molecule has 5 nitrogen and oxygen atoms in total. The summed E-state index contributed by atoms with van der Waals surface area (Å²) in [6.07, 6.45) is 3.51. The highest BCUT2D eigenvalue weighted by Crippen LogP contribution is 2.18. The van der Waals surface area contributed by atoms with E-state index < -0.39 is 12.1 Å². The normalized spacial score (nSPS) is 16.1. The quantitative estimate of drug-likeness (QED) is 0.821. The fourth-order valence-corrected chi connectivity index (χ4v) is 2.52. The number of amides is 1. The molecular weight excluding hydrogens is 282 g/mol. The van der Waals surface area contributed by atoms with Gasteiger partial charge in [0, 0.05) is 6.04 Å². The van der Waals surface area contributed by atoms with Gasteiger partial charge in [-0.1, -0.05) is 12.8 Å². The topological polar surface area (TPSA) is 64.6 Å². The molecule has 0 bridgehead atoms. The van der Waals surface area contributed by atoms with E-state index in [0.717, 1.165) is 25.7 Å². The molecule has 1 fully saturated rings. The number of rotatable bonds is 6. The van der Waals surface area contributed by atoms with Crippen molar-refractivity contribution in [1.29, 1.82) is 0 Å². The minimum atomic E-state index is -0.792. The van der Waals surface area contributed by atoms with Crippen molar-refractivity contribution in [2.75, 3.05) is 6.61 Å². The van der Waals surface area contributed by atoms with E-state index in [4.69, 9.17) is 9.47 Å². The molecule has 120 valence electrons. The molecule has 2 rings (SSSR count). The molecule has 1 amide bonds. The first-order valence-electron chi connectivity index (χ1n) is 7.84. The SMILES string of the molecule is CCOc1ccc(C(=O)O[C@@H](C)C(=O)NC2CCCC2)cc1. The Bertz CT molecular complexity index is 506. The fourth-order valence-electron chi connectivity index (χ4n) is 2.52. The van der Waals surface area contributed by atoms with Gasteiger partial charge in [-0.2, -0.15) is 0 Å². The van der Waals surface area contributed by atoms with E-state index in [9.17, 15) is 9.59 Å². The lowest BCUT2D eigenvalue weighted by molar-refractivity contribution is -0.129. The Morgan fingerprint density at radius 1 is 1.23 bits per heavy atom. The molecule has 1 atom stereocenters. The Morgan fingerprint density at radius 2 is 1.86 bits per heavy atom. The van der Waals surface area contributed by atoms with Crippen molar-refractivity contribution in [3.8, 4) is 5.75 Å². The summed E-state index contributed by atoms with van der Waals surface area (Å²) in [6.45, 7) is 4.06. The highest BCUT2D eigenvalue weighted by Gasteiger charge is 2.23. The largest absolute Gasteiger partial charge is 0.494 e. The molecule has 1 N–H and O–H groups in total. The summed E-state index contributed by atoms with van der Waals surface area (Å²) in [5.74, 6) is -0.0330. The Hall–Kier alpha value is -2.04. The van der Waals surface area contributed by atoms with Crippen LogP contribution in [0.25, 0.3) is 0 Å². The average molecular weight is 305 g/mol. The predicted octanol–water partition coefficient (Wildman–Crippen LogP) is 2.69. The third-order valence-electron chi connectivity index (χ3n) is 3.76. The van der Waals surface area contributed by atoms with Crippen LogP contribution in [0.5, 0.6) is 5.75 Å². The van der Waals surface area contributed by atoms with E-state index in [1.807, 2.05) is 6.92 Å². The van der Waals surface area contributed by atoms with Crippen LogP contribution in [0.15, 0.2) is 24.3 Å². The maximum atomic E-state index is 12.0. The zero-order valence-electron chi connectivity index (χ0n) is 13.1. The van der Waals surface area contributed by atoms with Crippen molar-refractivity contribution in [3.05, 3.63) is 29.8 Å². The minimum Gasteiger partial charge on any atom is -0.494 e. The zero-order valence-corrected chi connectivity index (χ0v) is 13.1. The summed E-state index contributed by atoms with van der Waals surface area (Å²) in [5, 5.41) is 2.93. The van der Waals surface area contributed by atoms with Crippen LogP contribution in [0.2, 0.25) is 0 Å².